The first kappa shape index (κ1) is 23.1. The SMILES string of the molecule is CC(C)(C)OC(=O)N1CCC2(CC1)N=C(c1cccc(COCC(F)(F)F)c1)NC2=O. The first-order valence-electron chi connectivity index (χ1n) is 10.00. The largest absolute Gasteiger partial charge is 0.444 e. The fourth-order valence-corrected chi connectivity index (χ4v) is 3.47. The Balaban J connectivity index is 1.66. The Bertz CT molecular complexity index is 869. The molecule has 3 rings (SSSR count). The number of piperidine rings is 1. The summed E-state index contributed by atoms with van der Waals surface area (Å²) in [5, 5.41) is 2.78. The molecule has 0 aliphatic carbocycles. The lowest BCUT2D eigenvalue weighted by Crippen LogP contribution is -2.51. The van der Waals surface area contributed by atoms with Gasteiger partial charge in [0.25, 0.3) is 5.91 Å². The Labute approximate surface area is 178 Å². The smallest absolute Gasteiger partial charge is 0.411 e. The first-order valence-corrected chi connectivity index (χ1v) is 10.00. The molecule has 2 aliphatic rings. The van der Waals surface area contributed by atoms with Gasteiger partial charge in [-0.25, -0.2) is 4.79 Å². The summed E-state index contributed by atoms with van der Waals surface area (Å²) in [5.74, 6) is 0.124. The number of benzene rings is 1. The number of hydrogen-bond donors (Lipinski definition) is 1. The van der Waals surface area contributed by atoms with Crippen molar-refractivity contribution in [3.05, 3.63) is 35.4 Å². The Hall–Kier alpha value is -2.62. The normalized spacial score (nSPS) is 18.7. The average molecular weight is 441 g/mol. The molecule has 1 fully saturated rings. The zero-order chi connectivity index (χ0) is 22.9. The summed E-state index contributed by atoms with van der Waals surface area (Å²) >= 11 is 0. The fourth-order valence-electron chi connectivity index (χ4n) is 3.47. The molecule has 0 aromatic heterocycles. The number of amidine groups is 1. The van der Waals surface area contributed by atoms with Crippen LogP contribution < -0.4 is 5.32 Å². The Morgan fingerprint density at radius 3 is 2.52 bits per heavy atom. The summed E-state index contributed by atoms with van der Waals surface area (Å²) in [5.41, 5.74) is -0.430. The van der Waals surface area contributed by atoms with Crippen LogP contribution in [0.3, 0.4) is 0 Å². The maximum absolute atomic E-state index is 12.7. The van der Waals surface area contributed by atoms with Crippen LogP contribution in [0.15, 0.2) is 29.3 Å². The highest BCUT2D eigenvalue weighted by molar-refractivity contribution is 6.15. The minimum Gasteiger partial charge on any atom is -0.444 e. The van der Waals surface area contributed by atoms with E-state index in [4.69, 9.17) is 9.47 Å². The maximum atomic E-state index is 12.7. The van der Waals surface area contributed by atoms with Crippen LogP contribution >= 0.6 is 0 Å². The van der Waals surface area contributed by atoms with Gasteiger partial charge < -0.3 is 19.7 Å². The van der Waals surface area contributed by atoms with Crippen molar-refractivity contribution in [2.75, 3.05) is 19.7 Å². The molecular formula is C21H26F3N3O4. The van der Waals surface area contributed by atoms with Gasteiger partial charge in [-0.15, -0.1) is 0 Å². The number of carbonyl (C=O) groups excluding carboxylic acids is 2. The van der Waals surface area contributed by atoms with Crippen molar-refractivity contribution in [3.8, 4) is 0 Å². The van der Waals surface area contributed by atoms with Crippen molar-refractivity contribution < 1.29 is 32.2 Å². The number of likely N-dealkylation sites (tertiary alicyclic amines) is 1. The highest BCUT2D eigenvalue weighted by Crippen LogP contribution is 2.31. The molecule has 1 N–H and O–H groups in total. The maximum Gasteiger partial charge on any atom is 0.411 e. The summed E-state index contributed by atoms with van der Waals surface area (Å²) in [4.78, 5) is 31.1. The topological polar surface area (TPSA) is 80.2 Å². The lowest BCUT2D eigenvalue weighted by atomic mass is 9.88. The highest BCUT2D eigenvalue weighted by Gasteiger charge is 2.47. The molecule has 1 saturated heterocycles. The van der Waals surface area contributed by atoms with Gasteiger partial charge in [0.2, 0.25) is 0 Å². The Morgan fingerprint density at radius 2 is 1.90 bits per heavy atom. The van der Waals surface area contributed by atoms with Crippen LogP contribution in [0.5, 0.6) is 0 Å². The first-order chi connectivity index (χ1) is 14.4. The average Bonchev–Trinajstić information content (AvgIpc) is 2.96. The summed E-state index contributed by atoms with van der Waals surface area (Å²) in [6, 6.07) is 6.68. The number of hydrogen-bond acceptors (Lipinski definition) is 5. The second-order valence-electron chi connectivity index (χ2n) is 8.72. The summed E-state index contributed by atoms with van der Waals surface area (Å²) < 4.78 is 46.9. The van der Waals surface area contributed by atoms with Gasteiger partial charge in [-0.2, -0.15) is 13.2 Å². The molecule has 2 aliphatic heterocycles. The molecule has 0 unspecified atom stereocenters. The van der Waals surface area contributed by atoms with Gasteiger partial charge in [-0.3, -0.25) is 9.79 Å². The van der Waals surface area contributed by atoms with Crippen molar-refractivity contribution in [3.63, 3.8) is 0 Å². The molecule has 0 atom stereocenters. The van der Waals surface area contributed by atoms with Crippen molar-refractivity contribution in [1.82, 2.24) is 10.2 Å². The van der Waals surface area contributed by atoms with E-state index in [0.717, 1.165) is 0 Å². The van der Waals surface area contributed by atoms with Crippen LogP contribution in [0.4, 0.5) is 18.0 Å². The van der Waals surface area contributed by atoms with Crippen LogP contribution in [0.1, 0.15) is 44.7 Å². The van der Waals surface area contributed by atoms with E-state index in [0.29, 0.717) is 42.9 Å². The van der Waals surface area contributed by atoms with Crippen molar-refractivity contribution in [1.29, 1.82) is 0 Å². The number of nitrogens with one attached hydrogen (secondary N) is 1. The molecule has 1 aromatic carbocycles. The van der Waals surface area contributed by atoms with Crippen LogP contribution in [0.25, 0.3) is 0 Å². The lowest BCUT2D eigenvalue weighted by Gasteiger charge is -2.36. The number of nitrogens with zero attached hydrogens (tertiary/aromatic N) is 2. The van der Waals surface area contributed by atoms with E-state index >= 15 is 0 Å². The molecule has 31 heavy (non-hydrogen) atoms. The lowest BCUT2D eigenvalue weighted by molar-refractivity contribution is -0.176. The van der Waals surface area contributed by atoms with Crippen molar-refractivity contribution in [2.45, 2.75) is 57.5 Å². The van der Waals surface area contributed by atoms with Crippen LogP contribution in [0.2, 0.25) is 0 Å². The zero-order valence-corrected chi connectivity index (χ0v) is 17.7. The molecule has 1 aromatic rings. The monoisotopic (exact) mass is 441 g/mol. The van der Waals surface area contributed by atoms with E-state index in [-0.39, 0.29) is 12.5 Å². The Kier molecular flexibility index (Phi) is 6.31. The van der Waals surface area contributed by atoms with Gasteiger partial charge in [0.05, 0.1) is 6.61 Å². The van der Waals surface area contributed by atoms with Gasteiger partial charge in [-0.1, -0.05) is 18.2 Å². The quantitative estimate of drug-likeness (QED) is 0.777. The summed E-state index contributed by atoms with van der Waals surface area (Å²) in [6.45, 7) is 4.52. The number of carbonyl (C=O) groups is 2. The molecule has 2 amide bonds. The van der Waals surface area contributed by atoms with E-state index in [2.05, 4.69) is 10.3 Å². The third-order valence-corrected chi connectivity index (χ3v) is 4.96. The summed E-state index contributed by atoms with van der Waals surface area (Å²) in [7, 11) is 0. The number of aliphatic imine (C=N–C) groups is 1. The third kappa shape index (κ3) is 5.96. The zero-order valence-electron chi connectivity index (χ0n) is 17.7. The van der Waals surface area contributed by atoms with Crippen LogP contribution in [-0.2, 0) is 20.9 Å². The number of alkyl halides is 3. The molecule has 170 valence electrons. The van der Waals surface area contributed by atoms with E-state index in [1.165, 1.54) is 0 Å². The van der Waals surface area contributed by atoms with Gasteiger partial charge in [-0.05, 0) is 45.2 Å². The molecular weight excluding hydrogens is 415 g/mol. The van der Waals surface area contributed by atoms with Crippen molar-refractivity contribution >= 4 is 17.8 Å². The predicted molar refractivity (Wildman–Crippen MR) is 107 cm³/mol. The third-order valence-electron chi connectivity index (χ3n) is 4.96. The molecule has 2 heterocycles. The van der Waals surface area contributed by atoms with E-state index in [9.17, 15) is 22.8 Å². The summed E-state index contributed by atoms with van der Waals surface area (Å²) in [6.07, 6.45) is -4.09. The second kappa shape index (κ2) is 8.49. The van der Waals surface area contributed by atoms with Crippen LogP contribution in [-0.4, -0.2) is 59.7 Å². The molecule has 0 bridgehead atoms. The minimum atomic E-state index is -4.39. The Morgan fingerprint density at radius 1 is 1.23 bits per heavy atom. The standard InChI is InChI=1S/C21H26F3N3O4/c1-19(2,3)31-18(29)27-9-7-20(8-10-27)17(28)25-16(26-20)15-6-4-5-14(11-15)12-30-13-21(22,23)24/h4-6,11H,7-10,12-13H2,1-3H3,(H,25,26,28). The highest BCUT2D eigenvalue weighted by atomic mass is 19.4. The molecule has 0 radical (unpaired) electrons. The van der Waals surface area contributed by atoms with Crippen molar-refractivity contribution in [2.24, 2.45) is 4.99 Å². The molecule has 10 heteroatoms. The predicted octanol–water partition coefficient (Wildman–Crippen LogP) is 3.41. The van der Waals surface area contributed by atoms with E-state index in [1.54, 1.807) is 49.9 Å². The number of ether oxygens (including phenoxy) is 2. The van der Waals surface area contributed by atoms with Crippen LogP contribution in [0, 0.1) is 0 Å². The fraction of sp³-hybridized carbons (Fsp3) is 0.571. The molecule has 7 nitrogen and oxygen atoms in total. The number of amides is 2. The molecule has 1 spiro atoms. The molecule has 0 saturated carbocycles. The van der Waals surface area contributed by atoms with Gasteiger partial charge in [0.1, 0.15) is 23.6 Å². The van der Waals surface area contributed by atoms with Gasteiger partial charge in [0, 0.05) is 18.7 Å². The van der Waals surface area contributed by atoms with E-state index < -0.39 is 30.0 Å². The number of halogens is 3. The van der Waals surface area contributed by atoms with Gasteiger partial charge in [0.15, 0.2) is 0 Å². The number of rotatable bonds is 4. The second-order valence-corrected chi connectivity index (χ2v) is 8.72. The van der Waals surface area contributed by atoms with Gasteiger partial charge >= 0.3 is 12.3 Å². The van der Waals surface area contributed by atoms with E-state index in [1.807, 2.05) is 0 Å². The minimum absolute atomic E-state index is 0.204.